The van der Waals surface area contributed by atoms with E-state index in [0.717, 1.165) is 28.1 Å². The minimum atomic E-state index is -3.90. The molecule has 0 aromatic heterocycles. The lowest BCUT2D eigenvalue weighted by molar-refractivity contribution is -0.140. The third kappa shape index (κ3) is 7.86. The van der Waals surface area contributed by atoms with Crippen molar-refractivity contribution in [2.75, 3.05) is 30.8 Å². The van der Waals surface area contributed by atoms with Gasteiger partial charge in [0.25, 0.3) is 0 Å². The maximum absolute atomic E-state index is 13.7. The molecular weight excluding hydrogens is 490 g/mol. The minimum Gasteiger partial charge on any atom is -0.495 e. The van der Waals surface area contributed by atoms with Crippen molar-refractivity contribution in [2.24, 2.45) is 0 Å². The van der Waals surface area contributed by atoms with Gasteiger partial charge in [-0.2, -0.15) is 0 Å². The van der Waals surface area contributed by atoms with Gasteiger partial charge in [0.2, 0.25) is 21.8 Å². The topological polar surface area (TPSA) is 96.0 Å². The minimum absolute atomic E-state index is 0.148. The molecule has 1 N–H and O–H groups in total. The maximum atomic E-state index is 13.7. The summed E-state index contributed by atoms with van der Waals surface area (Å²) in [5.41, 5.74) is 2.00. The summed E-state index contributed by atoms with van der Waals surface area (Å²) in [5.74, 6) is -0.537. The summed E-state index contributed by atoms with van der Waals surface area (Å²) < 4.78 is 31.8. The second-order valence-electron chi connectivity index (χ2n) is 8.31. The van der Waals surface area contributed by atoms with E-state index in [4.69, 9.17) is 16.3 Å². The zero-order chi connectivity index (χ0) is 26.2. The van der Waals surface area contributed by atoms with Gasteiger partial charge < -0.3 is 15.0 Å². The summed E-state index contributed by atoms with van der Waals surface area (Å²) in [6.45, 7) is 5.83. The second-order valence-corrected chi connectivity index (χ2v) is 10.7. The number of hydrogen-bond acceptors (Lipinski definition) is 5. The highest BCUT2D eigenvalue weighted by Crippen LogP contribution is 2.33. The van der Waals surface area contributed by atoms with E-state index < -0.39 is 28.5 Å². The normalized spacial score (nSPS) is 12.1. The summed E-state index contributed by atoms with van der Waals surface area (Å²) in [7, 11) is -2.49. The molecule has 0 fully saturated rings. The highest BCUT2D eigenvalue weighted by atomic mass is 35.5. The Morgan fingerprint density at radius 2 is 1.86 bits per heavy atom. The first kappa shape index (κ1) is 28.5. The number of aryl methyl sites for hydroxylation is 1. The molecule has 2 amide bonds. The van der Waals surface area contributed by atoms with Gasteiger partial charge in [0, 0.05) is 18.1 Å². The van der Waals surface area contributed by atoms with Crippen LogP contribution in [0.2, 0.25) is 5.02 Å². The van der Waals surface area contributed by atoms with Gasteiger partial charge in [0.05, 0.1) is 19.1 Å². The lowest BCUT2D eigenvalue weighted by Crippen LogP contribution is -2.52. The molecule has 0 spiro atoms. The van der Waals surface area contributed by atoms with E-state index in [2.05, 4.69) is 5.32 Å². The van der Waals surface area contributed by atoms with E-state index in [1.807, 2.05) is 45.0 Å². The highest BCUT2D eigenvalue weighted by Gasteiger charge is 2.32. The molecule has 2 rings (SSSR count). The molecule has 0 aliphatic heterocycles. The Kier molecular flexibility index (Phi) is 10.4. The van der Waals surface area contributed by atoms with E-state index in [1.165, 1.54) is 24.1 Å². The molecule has 35 heavy (non-hydrogen) atoms. The molecule has 1 atom stereocenters. The molecular formula is C25H34ClN3O5S. The lowest BCUT2D eigenvalue weighted by Gasteiger charge is -2.33. The fraction of sp³-hybridized carbons (Fsp3) is 0.440. The number of hydrogen-bond donors (Lipinski definition) is 1. The molecule has 0 heterocycles. The van der Waals surface area contributed by atoms with E-state index >= 15 is 0 Å². The van der Waals surface area contributed by atoms with E-state index in [9.17, 15) is 18.0 Å². The van der Waals surface area contributed by atoms with Crippen molar-refractivity contribution >= 4 is 39.1 Å². The van der Waals surface area contributed by atoms with Crippen LogP contribution in [0.3, 0.4) is 0 Å². The number of nitrogens with zero attached hydrogens (tertiary/aromatic N) is 2. The number of amides is 2. The standard InChI is InChI=1S/C25H34ClN3O5S/c1-6-13-27-25(31)21(7-2)28(16-19-10-8-9-18(3)14-19)24(30)17-29(35(5,32)33)22-15-20(26)11-12-23(22)34-4/h8-12,14-15,21H,6-7,13,16-17H2,1-5H3,(H,27,31)/t21-/m1/s1. The van der Waals surface area contributed by atoms with Crippen molar-refractivity contribution in [3.05, 3.63) is 58.6 Å². The zero-order valence-corrected chi connectivity index (χ0v) is 22.4. The Morgan fingerprint density at radius 1 is 1.14 bits per heavy atom. The van der Waals surface area contributed by atoms with Crippen molar-refractivity contribution in [1.82, 2.24) is 10.2 Å². The van der Waals surface area contributed by atoms with Crippen LogP contribution in [0.25, 0.3) is 0 Å². The Bertz CT molecular complexity index is 1140. The zero-order valence-electron chi connectivity index (χ0n) is 20.9. The van der Waals surface area contributed by atoms with Gasteiger partial charge >= 0.3 is 0 Å². The van der Waals surface area contributed by atoms with Gasteiger partial charge in [-0.25, -0.2) is 8.42 Å². The monoisotopic (exact) mass is 523 g/mol. The fourth-order valence-corrected chi connectivity index (χ4v) is 4.76. The Balaban J connectivity index is 2.50. The first-order valence-corrected chi connectivity index (χ1v) is 13.7. The van der Waals surface area contributed by atoms with Crippen molar-refractivity contribution in [1.29, 1.82) is 0 Å². The quantitative estimate of drug-likeness (QED) is 0.457. The van der Waals surface area contributed by atoms with Gasteiger partial charge in [-0.1, -0.05) is 55.3 Å². The molecule has 2 aromatic carbocycles. The molecule has 0 unspecified atom stereocenters. The predicted molar refractivity (Wildman–Crippen MR) is 139 cm³/mol. The number of sulfonamides is 1. The van der Waals surface area contributed by atoms with Crippen LogP contribution in [0.5, 0.6) is 5.75 Å². The number of nitrogens with one attached hydrogen (secondary N) is 1. The van der Waals surface area contributed by atoms with Gasteiger partial charge in [-0.3, -0.25) is 13.9 Å². The molecule has 0 saturated heterocycles. The third-order valence-corrected chi connectivity index (χ3v) is 6.82. The molecule has 2 aromatic rings. The van der Waals surface area contributed by atoms with Crippen molar-refractivity contribution in [3.63, 3.8) is 0 Å². The van der Waals surface area contributed by atoms with Crippen molar-refractivity contribution < 1.29 is 22.7 Å². The van der Waals surface area contributed by atoms with Crippen LogP contribution in [0, 0.1) is 6.92 Å². The molecule has 10 heteroatoms. The third-order valence-electron chi connectivity index (χ3n) is 5.46. The summed E-state index contributed by atoms with van der Waals surface area (Å²) >= 11 is 6.13. The highest BCUT2D eigenvalue weighted by molar-refractivity contribution is 7.92. The maximum Gasteiger partial charge on any atom is 0.244 e. The Hall–Kier alpha value is -2.78. The molecule has 0 saturated carbocycles. The van der Waals surface area contributed by atoms with E-state index in [1.54, 1.807) is 6.07 Å². The number of methoxy groups -OCH3 is 1. The molecule has 0 aliphatic carbocycles. The average molecular weight is 524 g/mol. The van der Waals surface area contributed by atoms with Gasteiger partial charge in [0.1, 0.15) is 18.3 Å². The van der Waals surface area contributed by atoms with Crippen LogP contribution in [-0.4, -0.2) is 57.6 Å². The summed E-state index contributed by atoms with van der Waals surface area (Å²) in [6, 6.07) is 11.4. The van der Waals surface area contributed by atoms with Crippen LogP contribution < -0.4 is 14.4 Å². The number of anilines is 1. The van der Waals surface area contributed by atoms with Crippen molar-refractivity contribution in [2.45, 2.75) is 46.2 Å². The van der Waals surface area contributed by atoms with Gasteiger partial charge in [0.15, 0.2) is 0 Å². The SMILES string of the molecule is CCCNC(=O)[C@@H](CC)N(Cc1cccc(C)c1)C(=O)CN(c1cc(Cl)ccc1OC)S(C)(=O)=O. The first-order chi connectivity index (χ1) is 16.5. The fourth-order valence-electron chi connectivity index (χ4n) is 3.75. The van der Waals surface area contributed by atoms with Crippen molar-refractivity contribution in [3.8, 4) is 5.75 Å². The molecule has 8 nitrogen and oxygen atoms in total. The van der Waals surface area contributed by atoms with Crippen LogP contribution >= 0.6 is 11.6 Å². The molecule has 0 bridgehead atoms. The van der Waals surface area contributed by atoms with Crippen LogP contribution in [-0.2, 0) is 26.2 Å². The van der Waals surface area contributed by atoms with E-state index in [0.29, 0.717) is 18.0 Å². The molecule has 0 aliphatic rings. The molecule has 192 valence electrons. The number of ether oxygens (including phenoxy) is 1. The number of carbonyl (C=O) groups is 2. The largest absolute Gasteiger partial charge is 0.495 e. The number of benzene rings is 2. The lowest BCUT2D eigenvalue weighted by atomic mass is 10.1. The van der Waals surface area contributed by atoms with Crippen LogP contribution in [0.15, 0.2) is 42.5 Å². The predicted octanol–water partition coefficient (Wildman–Crippen LogP) is 3.76. The number of carbonyl (C=O) groups excluding carboxylic acids is 2. The Morgan fingerprint density at radius 3 is 2.43 bits per heavy atom. The van der Waals surface area contributed by atoms with Gasteiger partial charge in [-0.05, 0) is 43.5 Å². The summed E-state index contributed by atoms with van der Waals surface area (Å²) in [5, 5.41) is 3.15. The summed E-state index contributed by atoms with van der Waals surface area (Å²) in [6.07, 6.45) is 2.13. The van der Waals surface area contributed by atoms with Gasteiger partial charge in [-0.15, -0.1) is 0 Å². The number of rotatable bonds is 12. The number of halogens is 1. The smallest absolute Gasteiger partial charge is 0.244 e. The van der Waals surface area contributed by atoms with Crippen LogP contribution in [0.1, 0.15) is 37.8 Å². The first-order valence-electron chi connectivity index (χ1n) is 11.5. The van der Waals surface area contributed by atoms with Crippen LogP contribution in [0.4, 0.5) is 5.69 Å². The second kappa shape index (κ2) is 12.8. The Labute approximate surface area is 213 Å². The average Bonchev–Trinajstić information content (AvgIpc) is 2.80. The molecule has 0 radical (unpaired) electrons. The van der Waals surface area contributed by atoms with E-state index in [-0.39, 0.29) is 23.9 Å². The summed E-state index contributed by atoms with van der Waals surface area (Å²) in [4.78, 5) is 28.1.